The predicted molar refractivity (Wildman–Crippen MR) is 242 cm³/mol. The molecular formula is C54H60O10. The first kappa shape index (κ1) is 43.9. The number of ketones is 2. The Hall–Kier alpha value is -5.32. The fraction of sp³-hybridized carbons (Fsp3) is 0.481. The molecule has 0 aromatic heterocycles. The van der Waals surface area contributed by atoms with E-state index in [1.54, 1.807) is 50.6 Å². The molecule has 2 N–H and O–H groups in total. The number of methoxy groups -OCH3 is 2. The zero-order valence-corrected chi connectivity index (χ0v) is 37.0. The third-order valence-electron chi connectivity index (χ3n) is 16.1. The summed E-state index contributed by atoms with van der Waals surface area (Å²) < 4.78 is 22.2. The van der Waals surface area contributed by atoms with Gasteiger partial charge in [0, 0.05) is 36.2 Å². The summed E-state index contributed by atoms with van der Waals surface area (Å²) in [4.78, 5) is 48.6. The quantitative estimate of drug-likeness (QED) is 0.141. The van der Waals surface area contributed by atoms with Crippen LogP contribution in [0.4, 0.5) is 0 Å². The molecule has 0 radical (unpaired) electrons. The summed E-state index contributed by atoms with van der Waals surface area (Å²) in [6.07, 6.45) is 14.4. The summed E-state index contributed by atoms with van der Waals surface area (Å²) in [6.45, 7) is 1.45. The van der Waals surface area contributed by atoms with Crippen molar-refractivity contribution in [2.45, 2.75) is 114 Å². The molecule has 4 aliphatic carbocycles. The van der Waals surface area contributed by atoms with E-state index >= 15 is 0 Å². The molecule has 10 nitrogen and oxygen atoms in total. The smallest absolute Gasteiger partial charge is 0.335 e. The third kappa shape index (κ3) is 8.39. The van der Waals surface area contributed by atoms with Gasteiger partial charge in [0.05, 0.1) is 25.3 Å². The summed E-state index contributed by atoms with van der Waals surface area (Å²) >= 11 is 0. The Balaban J connectivity index is 0.000000162. The first-order valence-electron chi connectivity index (χ1n) is 23.4. The Morgan fingerprint density at radius 3 is 1.23 bits per heavy atom. The van der Waals surface area contributed by atoms with Crippen molar-refractivity contribution < 1.29 is 48.3 Å². The van der Waals surface area contributed by atoms with Crippen LogP contribution in [0.3, 0.4) is 0 Å². The molecule has 10 heteroatoms. The molecule has 4 aromatic carbocycles. The molecule has 0 bridgehead atoms. The SMILES string of the molecule is COc1ccc(C(=O)O)cc1-c1ccc([C@@H]2CC[C@]23CCC(C(=O)[C@H]2CCCO2)C3)cc1.COc1ccc(C(=O)O)cc1-c1ccc([C@H]2CC[C@]23CCC(C(=O)[C@H]2CCCO2)C3)cc1. The van der Waals surface area contributed by atoms with Gasteiger partial charge in [-0.15, -0.1) is 0 Å². The van der Waals surface area contributed by atoms with E-state index in [1.165, 1.54) is 24.0 Å². The van der Waals surface area contributed by atoms with Crippen LogP contribution >= 0.6 is 0 Å². The van der Waals surface area contributed by atoms with Crippen molar-refractivity contribution in [3.63, 3.8) is 0 Å². The Morgan fingerprint density at radius 1 is 0.531 bits per heavy atom. The van der Waals surface area contributed by atoms with Crippen LogP contribution in [0.25, 0.3) is 22.3 Å². The van der Waals surface area contributed by atoms with Crippen molar-refractivity contribution in [3.05, 3.63) is 107 Å². The van der Waals surface area contributed by atoms with E-state index < -0.39 is 11.9 Å². The van der Waals surface area contributed by atoms with Crippen molar-refractivity contribution in [2.24, 2.45) is 22.7 Å². The second-order valence-electron chi connectivity index (χ2n) is 19.3. The Kier molecular flexibility index (Phi) is 12.5. The van der Waals surface area contributed by atoms with Gasteiger partial charge in [0.2, 0.25) is 0 Å². The van der Waals surface area contributed by atoms with Gasteiger partial charge < -0.3 is 29.2 Å². The molecule has 6 fully saturated rings. The maximum absolute atomic E-state index is 12.9. The van der Waals surface area contributed by atoms with Gasteiger partial charge in [0.15, 0.2) is 11.6 Å². The van der Waals surface area contributed by atoms with Gasteiger partial charge in [-0.2, -0.15) is 0 Å². The number of Topliss-reactive ketones (excluding diaryl/α,β-unsaturated/α-hetero) is 2. The van der Waals surface area contributed by atoms with Gasteiger partial charge >= 0.3 is 11.9 Å². The minimum absolute atomic E-state index is 0.156. The van der Waals surface area contributed by atoms with E-state index in [1.807, 2.05) is 0 Å². The monoisotopic (exact) mass is 868 g/mol. The lowest BCUT2D eigenvalue weighted by atomic mass is 9.56. The Morgan fingerprint density at radius 2 is 0.922 bits per heavy atom. The summed E-state index contributed by atoms with van der Waals surface area (Å²) in [7, 11) is 3.19. The number of hydrogen-bond acceptors (Lipinski definition) is 8. The van der Waals surface area contributed by atoms with Crippen molar-refractivity contribution in [1.29, 1.82) is 0 Å². The molecule has 4 saturated carbocycles. The average molecular weight is 869 g/mol. The normalized spacial score (nSPS) is 29.1. The molecule has 4 aromatic rings. The second-order valence-corrected chi connectivity index (χ2v) is 19.3. The van der Waals surface area contributed by atoms with Gasteiger partial charge in [-0.05, 0) is 171 Å². The van der Waals surface area contributed by atoms with Crippen LogP contribution in [0, 0.1) is 22.7 Å². The standard InChI is InChI=1S/2C27H30O5/c2*1-31-23-9-8-19(26(29)30)15-21(23)17-4-6-18(7-5-17)22-11-13-27(22)12-10-20(16-27)25(28)24-3-2-14-32-24/h2*4-9,15,20,22,24H,2-3,10-14,16H2,1H3,(H,29,30)/t20?,22-,24+,27-;20?,22-,24-,27+/m01/s1. The highest BCUT2D eigenvalue weighted by Crippen LogP contribution is 2.64. The average Bonchev–Trinajstić information content (AvgIpc) is 4.17. The van der Waals surface area contributed by atoms with Crippen molar-refractivity contribution >= 4 is 23.5 Å². The van der Waals surface area contributed by atoms with E-state index in [2.05, 4.69) is 48.5 Å². The highest BCUT2D eigenvalue weighted by Gasteiger charge is 2.54. The molecular weight excluding hydrogens is 809 g/mol. The fourth-order valence-electron chi connectivity index (χ4n) is 12.4. The van der Waals surface area contributed by atoms with Gasteiger partial charge in [-0.1, -0.05) is 48.5 Å². The topological polar surface area (TPSA) is 146 Å². The second kappa shape index (κ2) is 18.3. The van der Waals surface area contributed by atoms with Gasteiger partial charge in [0.25, 0.3) is 0 Å². The van der Waals surface area contributed by atoms with Crippen molar-refractivity contribution in [1.82, 2.24) is 0 Å². The molecule has 2 heterocycles. The largest absolute Gasteiger partial charge is 0.496 e. The molecule has 8 atom stereocenters. The van der Waals surface area contributed by atoms with E-state index in [-0.39, 0.29) is 46.0 Å². The number of hydrogen-bond donors (Lipinski definition) is 2. The lowest BCUT2D eigenvalue weighted by molar-refractivity contribution is -0.132. The molecule has 64 heavy (non-hydrogen) atoms. The number of carbonyl (C=O) groups is 4. The van der Waals surface area contributed by atoms with E-state index in [0.717, 1.165) is 113 Å². The molecule has 2 unspecified atom stereocenters. The van der Waals surface area contributed by atoms with Crippen molar-refractivity contribution in [2.75, 3.05) is 27.4 Å². The molecule has 6 aliphatic rings. The van der Waals surface area contributed by atoms with E-state index in [0.29, 0.717) is 34.9 Å². The maximum Gasteiger partial charge on any atom is 0.335 e. The number of carbonyl (C=O) groups excluding carboxylic acids is 2. The lowest BCUT2D eigenvalue weighted by Gasteiger charge is -2.48. The number of ether oxygens (including phenoxy) is 4. The van der Waals surface area contributed by atoms with Crippen LogP contribution in [0.1, 0.15) is 134 Å². The molecule has 10 rings (SSSR count). The van der Waals surface area contributed by atoms with Crippen LogP contribution in [-0.4, -0.2) is 73.4 Å². The van der Waals surface area contributed by atoms with Gasteiger partial charge in [0.1, 0.15) is 23.7 Å². The van der Waals surface area contributed by atoms with Crippen LogP contribution in [0.15, 0.2) is 84.9 Å². The number of aromatic carboxylic acids is 2. The zero-order valence-electron chi connectivity index (χ0n) is 37.0. The predicted octanol–water partition coefficient (Wildman–Crippen LogP) is 10.9. The first-order valence-corrected chi connectivity index (χ1v) is 23.4. The summed E-state index contributed by atoms with van der Waals surface area (Å²) in [5.74, 6) is 1.40. The molecule has 0 amide bonds. The summed E-state index contributed by atoms with van der Waals surface area (Å²) in [5.41, 5.74) is 7.09. The summed E-state index contributed by atoms with van der Waals surface area (Å²) in [5, 5.41) is 18.7. The van der Waals surface area contributed by atoms with Crippen molar-refractivity contribution in [3.8, 4) is 33.8 Å². The number of benzene rings is 4. The highest BCUT2D eigenvalue weighted by molar-refractivity contribution is 5.91. The first-order chi connectivity index (χ1) is 31.0. The van der Waals surface area contributed by atoms with Gasteiger partial charge in [-0.25, -0.2) is 9.59 Å². The zero-order chi connectivity index (χ0) is 44.6. The minimum Gasteiger partial charge on any atom is -0.496 e. The molecule has 2 aliphatic heterocycles. The molecule has 2 saturated heterocycles. The number of rotatable bonds is 12. The van der Waals surface area contributed by atoms with E-state index in [4.69, 9.17) is 18.9 Å². The Bertz CT molecular complexity index is 2210. The maximum atomic E-state index is 12.9. The van der Waals surface area contributed by atoms with Crippen LogP contribution in [0.2, 0.25) is 0 Å². The molecule has 336 valence electrons. The minimum atomic E-state index is -0.949. The van der Waals surface area contributed by atoms with Crippen LogP contribution in [0.5, 0.6) is 11.5 Å². The van der Waals surface area contributed by atoms with Crippen LogP contribution < -0.4 is 9.47 Å². The van der Waals surface area contributed by atoms with Gasteiger partial charge in [-0.3, -0.25) is 9.59 Å². The van der Waals surface area contributed by atoms with E-state index in [9.17, 15) is 29.4 Å². The number of carboxylic acid groups (broad SMARTS) is 2. The third-order valence-corrected chi connectivity index (χ3v) is 16.1. The number of carboxylic acids is 2. The highest BCUT2D eigenvalue weighted by atomic mass is 16.5. The fourth-order valence-corrected chi connectivity index (χ4v) is 12.4. The lowest BCUT2D eigenvalue weighted by Crippen LogP contribution is -2.37. The summed E-state index contributed by atoms with van der Waals surface area (Å²) in [6, 6.07) is 26.8. The Labute approximate surface area is 375 Å². The molecule has 2 spiro atoms. The van der Waals surface area contributed by atoms with Crippen LogP contribution in [-0.2, 0) is 19.1 Å².